The minimum Gasteiger partial charge on any atom is -0.309 e. The van der Waals surface area contributed by atoms with Gasteiger partial charge in [-0.3, -0.25) is 4.79 Å². The molecule has 1 atom stereocenters. The van der Waals surface area contributed by atoms with E-state index >= 15 is 0 Å². The zero-order valence-corrected chi connectivity index (χ0v) is 15.6. The topological polar surface area (TPSA) is 40.9 Å². The average Bonchev–Trinajstić information content (AvgIpc) is 3.44. The summed E-state index contributed by atoms with van der Waals surface area (Å²) in [6, 6.07) is 15.1. The van der Waals surface area contributed by atoms with Gasteiger partial charge < -0.3 is 5.41 Å². The van der Waals surface area contributed by atoms with E-state index in [1.807, 2.05) is 0 Å². The summed E-state index contributed by atoms with van der Waals surface area (Å²) in [5, 5.41) is 8.92. The molecule has 0 bridgehead atoms. The van der Waals surface area contributed by atoms with E-state index in [2.05, 4.69) is 43.0 Å². The summed E-state index contributed by atoms with van der Waals surface area (Å²) in [6.07, 6.45) is 2.97. The Hall–Kier alpha value is -2.37. The normalized spacial score (nSPS) is 14.2. The molecule has 0 amide bonds. The number of ketones is 1. The summed E-state index contributed by atoms with van der Waals surface area (Å²) in [4.78, 5) is 12.4. The van der Waals surface area contributed by atoms with Crippen molar-refractivity contribution < 1.29 is 4.79 Å². The van der Waals surface area contributed by atoms with Crippen molar-refractivity contribution in [3.63, 3.8) is 0 Å². The fourth-order valence-electron chi connectivity index (χ4n) is 2.75. The third kappa shape index (κ3) is 5.31. The van der Waals surface area contributed by atoms with Gasteiger partial charge in [-0.15, -0.1) is 0 Å². The lowest BCUT2D eigenvalue weighted by Crippen LogP contribution is -2.11. The Labute approximate surface area is 160 Å². The molecule has 0 aliphatic heterocycles. The summed E-state index contributed by atoms with van der Waals surface area (Å²) in [5.74, 6) is 7.11. The van der Waals surface area contributed by atoms with Crippen LogP contribution in [-0.4, -0.2) is 11.5 Å². The van der Waals surface area contributed by atoms with Gasteiger partial charge in [-0.25, -0.2) is 0 Å². The van der Waals surface area contributed by atoms with Crippen molar-refractivity contribution in [2.45, 2.75) is 38.5 Å². The van der Waals surface area contributed by atoms with E-state index in [0.29, 0.717) is 28.6 Å². The molecule has 1 aliphatic carbocycles. The van der Waals surface area contributed by atoms with Gasteiger partial charge in [0.25, 0.3) is 0 Å². The number of carbonyl (C=O) groups is 1. The van der Waals surface area contributed by atoms with Gasteiger partial charge in [0.1, 0.15) is 0 Å². The second kappa shape index (κ2) is 8.34. The summed E-state index contributed by atoms with van der Waals surface area (Å²) < 4.78 is 0. The van der Waals surface area contributed by atoms with E-state index in [9.17, 15) is 4.79 Å². The highest BCUT2D eigenvalue weighted by molar-refractivity contribution is 6.30. The second-order valence-corrected chi connectivity index (χ2v) is 7.38. The number of halogens is 1. The molecule has 0 aromatic heterocycles. The lowest BCUT2D eigenvalue weighted by molar-refractivity contribution is 0.1000. The third-order valence-corrected chi connectivity index (χ3v) is 4.76. The van der Waals surface area contributed by atoms with Crippen LogP contribution >= 0.6 is 11.6 Å². The number of aryl methyl sites for hydroxylation is 1. The Morgan fingerprint density at radius 3 is 2.42 bits per heavy atom. The quantitative estimate of drug-likeness (QED) is 0.391. The van der Waals surface area contributed by atoms with Crippen LogP contribution in [0.4, 0.5) is 0 Å². The monoisotopic (exact) mass is 363 g/mol. The molecule has 2 nitrogen and oxygen atoms in total. The first-order chi connectivity index (χ1) is 12.5. The predicted molar refractivity (Wildman–Crippen MR) is 107 cm³/mol. The standard InChI is InChI=1S/C23H22ClNO/c1-16-2-7-18(8-3-16)20(9-6-17-4-5-17)14-22(25)15-23(26)19-10-12-21(24)13-11-19/h2-3,7-8,10-13,17,20,25H,4-5,14-15H2,1H3. The first-order valence-electron chi connectivity index (χ1n) is 8.94. The SMILES string of the molecule is Cc1ccc(C(C#CC2CC2)CC(=N)CC(=O)c2ccc(Cl)cc2)cc1. The molecule has 0 saturated heterocycles. The Balaban J connectivity index is 1.68. The number of rotatable bonds is 6. The second-order valence-electron chi connectivity index (χ2n) is 6.94. The van der Waals surface area contributed by atoms with Crippen molar-refractivity contribution in [2.75, 3.05) is 0 Å². The molecule has 2 aromatic rings. The first-order valence-corrected chi connectivity index (χ1v) is 9.32. The van der Waals surface area contributed by atoms with E-state index < -0.39 is 0 Å². The van der Waals surface area contributed by atoms with Gasteiger partial charge in [-0.2, -0.15) is 0 Å². The number of Topliss-reactive ketones (excluding diaryl/α,β-unsaturated/α-hetero) is 1. The van der Waals surface area contributed by atoms with Crippen LogP contribution in [0.5, 0.6) is 0 Å². The third-order valence-electron chi connectivity index (χ3n) is 4.51. The Kier molecular flexibility index (Phi) is 5.91. The van der Waals surface area contributed by atoms with Crippen molar-refractivity contribution >= 4 is 23.1 Å². The van der Waals surface area contributed by atoms with Gasteiger partial charge in [0.2, 0.25) is 0 Å². The van der Waals surface area contributed by atoms with Gasteiger partial charge in [-0.1, -0.05) is 53.3 Å². The molecule has 0 heterocycles. The van der Waals surface area contributed by atoms with Crippen LogP contribution in [0.3, 0.4) is 0 Å². The van der Waals surface area contributed by atoms with Crippen LogP contribution in [0.15, 0.2) is 48.5 Å². The average molecular weight is 364 g/mol. The van der Waals surface area contributed by atoms with Crippen LogP contribution in [-0.2, 0) is 0 Å². The Bertz CT molecular complexity index is 852. The summed E-state index contributed by atoms with van der Waals surface area (Å²) in [5.41, 5.74) is 3.33. The molecule has 0 radical (unpaired) electrons. The number of benzene rings is 2. The largest absolute Gasteiger partial charge is 0.309 e. The maximum absolute atomic E-state index is 12.4. The molecule has 1 N–H and O–H groups in total. The maximum atomic E-state index is 12.4. The highest BCUT2D eigenvalue weighted by Gasteiger charge is 2.20. The molecule has 1 unspecified atom stereocenters. The molecule has 3 heteroatoms. The van der Waals surface area contributed by atoms with Gasteiger partial charge in [0, 0.05) is 35.1 Å². The molecule has 1 aliphatic rings. The molecule has 1 saturated carbocycles. The summed E-state index contributed by atoms with van der Waals surface area (Å²) in [7, 11) is 0. The molecule has 1 fully saturated rings. The van der Waals surface area contributed by atoms with Crippen LogP contribution in [0.25, 0.3) is 0 Å². The van der Waals surface area contributed by atoms with Crippen molar-refractivity contribution in [1.29, 1.82) is 5.41 Å². The van der Waals surface area contributed by atoms with Crippen molar-refractivity contribution in [3.8, 4) is 11.8 Å². The fraction of sp³-hybridized carbons (Fsp3) is 0.304. The maximum Gasteiger partial charge on any atom is 0.168 e. The van der Waals surface area contributed by atoms with Crippen molar-refractivity contribution in [3.05, 3.63) is 70.2 Å². The lowest BCUT2D eigenvalue weighted by Gasteiger charge is -2.12. The minimum atomic E-state index is -0.0514. The fourth-order valence-corrected chi connectivity index (χ4v) is 2.87. The molecule has 132 valence electrons. The summed E-state index contributed by atoms with van der Waals surface area (Å²) in [6.45, 7) is 2.06. The van der Waals surface area contributed by atoms with Gasteiger partial charge in [0.15, 0.2) is 5.78 Å². The molecule has 0 spiro atoms. The zero-order chi connectivity index (χ0) is 18.5. The lowest BCUT2D eigenvalue weighted by atomic mass is 9.91. The van der Waals surface area contributed by atoms with E-state index in [0.717, 1.165) is 5.56 Å². The summed E-state index contributed by atoms with van der Waals surface area (Å²) >= 11 is 5.87. The predicted octanol–water partition coefficient (Wildman–Crippen LogP) is 5.83. The number of hydrogen-bond acceptors (Lipinski definition) is 2. The minimum absolute atomic E-state index is 0.0262. The smallest absolute Gasteiger partial charge is 0.168 e. The van der Waals surface area contributed by atoms with Gasteiger partial charge >= 0.3 is 0 Å². The van der Waals surface area contributed by atoms with Crippen LogP contribution in [0.1, 0.15) is 53.1 Å². The molecule has 26 heavy (non-hydrogen) atoms. The van der Waals surface area contributed by atoms with Crippen LogP contribution in [0, 0.1) is 30.1 Å². The number of hydrogen-bond donors (Lipinski definition) is 1. The molecule has 2 aromatic carbocycles. The molecule has 3 rings (SSSR count). The van der Waals surface area contributed by atoms with E-state index in [1.165, 1.54) is 18.4 Å². The van der Waals surface area contributed by atoms with E-state index in [4.69, 9.17) is 17.0 Å². The van der Waals surface area contributed by atoms with E-state index in [1.54, 1.807) is 24.3 Å². The molecular formula is C23H22ClNO. The van der Waals surface area contributed by atoms with Crippen LogP contribution in [0.2, 0.25) is 5.02 Å². The van der Waals surface area contributed by atoms with E-state index in [-0.39, 0.29) is 18.1 Å². The van der Waals surface area contributed by atoms with Crippen molar-refractivity contribution in [2.24, 2.45) is 5.92 Å². The Morgan fingerprint density at radius 1 is 1.15 bits per heavy atom. The first kappa shape index (κ1) is 18.4. The highest BCUT2D eigenvalue weighted by Crippen LogP contribution is 2.29. The van der Waals surface area contributed by atoms with Gasteiger partial charge in [-0.05, 0) is 49.6 Å². The number of nitrogens with one attached hydrogen (secondary N) is 1. The van der Waals surface area contributed by atoms with Gasteiger partial charge in [0.05, 0.1) is 5.92 Å². The zero-order valence-electron chi connectivity index (χ0n) is 14.9. The van der Waals surface area contributed by atoms with Crippen LogP contribution < -0.4 is 0 Å². The van der Waals surface area contributed by atoms with Crippen molar-refractivity contribution in [1.82, 2.24) is 0 Å². The highest BCUT2D eigenvalue weighted by atomic mass is 35.5. The molecular weight excluding hydrogens is 342 g/mol. The Morgan fingerprint density at radius 2 is 1.81 bits per heavy atom. The number of carbonyl (C=O) groups excluding carboxylic acids is 1.